The first kappa shape index (κ1) is 26.8. The van der Waals surface area contributed by atoms with E-state index in [4.69, 9.17) is 17.5 Å². The molecule has 2 N–H and O–H groups in total. The largest absolute Gasteiger partial charge is 0.394 e. The zero-order valence-corrected chi connectivity index (χ0v) is 18.7. The van der Waals surface area contributed by atoms with E-state index in [2.05, 4.69) is 19.1 Å². The molecule has 0 aromatic heterocycles. The number of allylic oxidation sites excluding steroid dienone is 2. The summed E-state index contributed by atoms with van der Waals surface area (Å²) in [5.41, 5.74) is 0. The molecule has 0 fully saturated rings. The molecule has 0 aromatic carbocycles. The van der Waals surface area contributed by atoms with Crippen LogP contribution in [-0.4, -0.2) is 45.5 Å². The molecule has 0 spiro atoms. The fourth-order valence-electron chi connectivity index (χ4n) is 2.50. The van der Waals surface area contributed by atoms with Gasteiger partial charge < -0.3 is 0 Å². The summed E-state index contributed by atoms with van der Waals surface area (Å²) in [6.07, 6.45) is 24.8. The van der Waals surface area contributed by atoms with Crippen LogP contribution in [0.3, 0.4) is 0 Å². The van der Waals surface area contributed by atoms with Crippen molar-refractivity contribution in [3.8, 4) is 0 Å². The van der Waals surface area contributed by atoms with Crippen LogP contribution in [0.1, 0.15) is 96.8 Å². The minimum atomic E-state index is -4.67. The molecule has 0 unspecified atom stereocenters. The number of hydrogen-bond donors (Lipinski definition) is 2. The molecular formula is C18H37NaO4S. The maximum Gasteiger partial charge on any atom is 0.394 e. The van der Waals surface area contributed by atoms with Crippen molar-refractivity contribution in [3.63, 3.8) is 0 Å². The smallest absolute Gasteiger partial charge is 0.264 e. The Morgan fingerprint density at radius 3 is 1.42 bits per heavy atom. The predicted molar refractivity (Wildman–Crippen MR) is 104 cm³/mol. The molecule has 6 heteroatoms. The van der Waals surface area contributed by atoms with Gasteiger partial charge in [-0.3, -0.25) is 9.11 Å². The third-order valence-electron chi connectivity index (χ3n) is 3.87. The first-order valence-corrected chi connectivity index (χ1v) is 12.6. The topological polar surface area (TPSA) is 74.6 Å². The molecule has 0 rings (SSSR count). The molecule has 140 valence electrons. The Bertz CT molecular complexity index is 348. The molecule has 0 aliphatic heterocycles. The molecular weight excluding hydrogens is 335 g/mol. The molecule has 24 heavy (non-hydrogen) atoms. The number of rotatable bonds is 15. The van der Waals surface area contributed by atoms with E-state index in [1.54, 1.807) is 0 Å². The van der Waals surface area contributed by atoms with Gasteiger partial charge in [-0.05, 0) is 0 Å². The van der Waals surface area contributed by atoms with E-state index >= 15 is 0 Å². The Labute approximate surface area is 167 Å². The van der Waals surface area contributed by atoms with E-state index in [0.717, 1.165) is 0 Å². The summed E-state index contributed by atoms with van der Waals surface area (Å²) in [5.74, 6) is 0. The van der Waals surface area contributed by atoms with Crippen LogP contribution in [0.5, 0.6) is 0 Å². The Morgan fingerprint density at radius 2 is 1.04 bits per heavy atom. The van der Waals surface area contributed by atoms with E-state index in [1.165, 1.54) is 121 Å². The van der Waals surface area contributed by atoms with Crippen LogP contribution in [-0.2, 0) is 10.4 Å². The van der Waals surface area contributed by atoms with E-state index in [-0.39, 0.29) is 0 Å². The fourth-order valence-corrected chi connectivity index (χ4v) is 3.00. The van der Waals surface area contributed by atoms with Gasteiger partial charge in [-0.25, -0.2) is 0 Å². The standard InChI is InChI=1S/C18H35.Na.H2O4S/c1-3-5-7-9-11-13-15-17-18-16-14-12-10-8-6-4-2;;1-5(2,3)4/h17-18H,1,3-16H2,2H3;;(H2,1,2,3,4). The summed E-state index contributed by atoms with van der Waals surface area (Å²) in [4.78, 5) is 0. The van der Waals surface area contributed by atoms with Gasteiger partial charge in [0.15, 0.2) is 0 Å². The Hall–Kier alpha value is 0.610. The van der Waals surface area contributed by atoms with Crippen LogP contribution in [0.4, 0.5) is 0 Å². The Morgan fingerprint density at radius 1 is 0.708 bits per heavy atom. The van der Waals surface area contributed by atoms with Gasteiger partial charge >= 0.3 is 112 Å². The third-order valence-corrected chi connectivity index (χ3v) is 4.57. The summed E-state index contributed by atoms with van der Waals surface area (Å²) in [7, 11) is -4.67. The van der Waals surface area contributed by atoms with Crippen LogP contribution in [0.25, 0.3) is 0 Å². The second-order valence-corrected chi connectivity index (χ2v) is 8.28. The average molecular weight is 373 g/mol. The maximum atomic E-state index is 8.74. The zero-order chi connectivity index (χ0) is 18.5. The van der Waals surface area contributed by atoms with Crippen molar-refractivity contribution in [1.29, 1.82) is 0 Å². The molecule has 0 atom stereocenters. The monoisotopic (exact) mass is 372 g/mol. The van der Waals surface area contributed by atoms with Gasteiger partial charge in [0.1, 0.15) is 0 Å². The van der Waals surface area contributed by atoms with Crippen molar-refractivity contribution >= 4 is 38.3 Å². The Kier molecular flexibility index (Phi) is 24.2. The number of unbranched alkanes of at least 4 members (excludes halogenated alkanes) is 12. The summed E-state index contributed by atoms with van der Waals surface area (Å²) in [5, 5.41) is 0. The normalized spacial score (nSPS) is 11.5. The van der Waals surface area contributed by atoms with Crippen molar-refractivity contribution in [3.05, 3.63) is 12.2 Å². The van der Waals surface area contributed by atoms with E-state index in [0.29, 0.717) is 0 Å². The second kappa shape index (κ2) is 21.7. The van der Waals surface area contributed by atoms with Crippen LogP contribution in [0.15, 0.2) is 12.2 Å². The van der Waals surface area contributed by atoms with Crippen molar-refractivity contribution in [1.82, 2.24) is 0 Å². The van der Waals surface area contributed by atoms with Crippen LogP contribution in [0, 0.1) is 0 Å². The molecule has 0 bridgehead atoms. The molecule has 0 heterocycles. The predicted octanol–water partition coefficient (Wildman–Crippen LogP) is 5.96. The first-order chi connectivity index (χ1) is 11.4. The molecule has 0 saturated carbocycles. The van der Waals surface area contributed by atoms with Gasteiger partial charge in [0.05, 0.1) is 0 Å². The van der Waals surface area contributed by atoms with E-state index in [1.807, 2.05) is 0 Å². The second-order valence-electron chi connectivity index (χ2n) is 6.39. The summed E-state index contributed by atoms with van der Waals surface area (Å²) < 4.78 is 33.1. The number of hydrogen-bond acceptors (Lipinski definition) is 2. The van der Waals surface area contributed by atoms with Crippen LogP contribution in [0.2, 0.25) is 3.67 Å². The molecule has 0 saturated heterocycles. The van der Waals surface area contributed by atoms with Crippen LogP contribution >= 0.6 is 0 Å². The Balaban J connectivity index is 0. The average Bonchev–Trinajstić information content (AvgIpc) is 2.49. The zero-order valence-electron chi connectivity index (χ0n) is 15.9. The van der Waals surface area contributed by atoms with E-state index < -0.39 is 10.4 Å². The van der Waals surface area contributed by atoms with Gasteiger partial charge in [-0.15, -0.1) is 0 Å². The van der Waals surface area contributed by atoms with E-state index in [9.17, 15) is 0 Å². The van der Waals surface area contributed by atoms with Crippen molar-refractivity contribution in [2.75, 3.05) is 0 Å². The van der Waals surface area contributed by atoms with Crippen molar-refractivity contribution in [2.45, 2.75) is 100 Å². The fraction of sp³-hybridized carbons (Fsp3) is 0.889. The molecule has 4 nitrogen and oxygen atoms in total. The molecule has 0 aliphatic rings. The maximum absolute atomic E-state index is 8.74. The van der Waals surface area contributed by atoms with Crippen molar-refractivity contribution in [2.24, 2.45) is 0 Å². The minimum absolute atomic E-state index is 1.31. The third kappa shape index (κ3) is 38.3. The van der Waals surface area contributed by atoms with Gasteiger partial charge in [0, 0.05) is 0 Å². The van der Waals surface area contributed by atoms with Gasteiger partial charge in [0.2, 0.25) is 0 Å². The van der Waals surface area contributed by atoms with Crippen LogP contribution < -0.4 is 0 Å². The van der Waals surface area contributed by atoms with Gasteiger partial charge in [-0.2, -0.15) is 8.42 Å². The quantitative estimate of drug-likeness (QED) is 0.161. The molecule has 0 radical (unpaired) electrons. The molecule has 0 aliphatic carbocycles. The minimum Gasteiger partial charge on any atom is -0.264 e. The van der Waals surface area contributed by atoms with Crippen molar-refractivity contribution < 1.29 is 17.5 Å². The summed E-state index contributed by atoms with van der Waals surface area (Å²) >= 11 is 1.40. The molecule has 0 aromatic rings. The van der Waals surface area contributed by atoms with Gasteiger partial charge in [0.25, 0.3) is 0 Å². The van der Waals surface area contributed by atoms with Gasteiger partial charge in [-0.1, -0.05) is 39.0 Å². The molecule has 0 amide bonds. The summed E-state index contributed by atoms with van der Waals surface area (Å²) in [6, 6.07) is 0. The first-order valence-electron chi connectivity index (χ1n) is 9.76. The SMILES string of the molecule is CCCCCCCCC=CCCCCCCC[CH2][Na].O=S(=O)(O)O. The summed E-state index contributed by atoms with van der Waals surface area (Å²) in [6.45, 7) is 2.29.